The van der Waals surface area contributed by atoms with Crippen molar-refractivity contribution in [3.63, 3.8) is 0 Å². The number of hydrogen-bond acceptors (Lipinski definition) is 6. The summed E-state index contributed by atoms with van der Waals surface area (Å²) in [4.78, 5) is 25.2. The Morgan fingerprint density at radius 2 is 1.68 bits per heavy atom. The van der Waals surface area contributed by atoms with E-state index in [-0.39, 0.29) is 18.9 Å². The molecule has 0 fully saturated rings. The summed E-state index contributed by atoms with van der Waals surface area (Å²) in [5.74, 6) is 0.786. The Morgan fingerprint density at radius 1 is 1.03 bits per heavy atom. The Balaban J connectivity index is 2.15. The standard InChI is InChI=1S/C22H26N4O5/c1-29-18-13-16(14-19(30-2)20(18)31-3)25-22(28)26-17(21(27)24-11-7-10-23)12-15-8-5-4-6-9-15/h4-6,8-9,13-14,17H,7,11-12H2,1-3H3,(H,24,27)(H2,25,26,28). The first-order chi connectivity index (χ1) is 15.0. The van der Waals surface area contributed by atoms with Gasteiger partial charge in [-0.3, -0.25) is 4.79 Å². The zero-order valence-electron chi connectivity index (χ0n) is 17.7. The van der Waals surface area contributed by atoms with Gasteiger partial charge in [-0.05, 0) is 5.56 Å². The number of anilines is 1. The highest BCUT2D eigenvalue weighted by molar-refractivity contribution is 5.94. The van der Waals surface area contributed by atoms with E-state index < -0.39 is 12.1 Å². The van der Waals surface area contributed by atoms with E-state index in [1.54, 1.807) is 12.1 Å². The number of methoxy groups -OCH3 is 3. The normalized spacial score (nSPS) is 10.9. The van der Waals surface area contributed by atoms with Crippen LogP contribution in [0.2, 0.25) is 0 Å². The van der Waals surface area contributed by atoms with E-state index in [2.05, 4.69) is 16.0 Å². The van der Waals surface area contributed by atoms with Gasteiger partial charge in [-0.2, -0.15) is 5.26 Å². The third-order valence-electron chi connectivity index (χ3n) is 4.36. The second kappa shape index (κ2) is 11.9. The number of amides is 3. The molecule has 2 aromatic carbocycles. The summed E-state index contributed by atoms with van der Waals surface area (Å²) in [5.41, 5.74) is 1.28. The lowest BCUT2D eigenvalue weighted by Crippen LogP contribution is -2.49. The highest BCUT2D eigenvalue weighted by atomic mass is 16.5. The Bertz CT molecular complexity index is 902. The van der Waals surface area contributed by atoms with E-state index in [1.807, 2.05) is 36.4 Å². The number of carbonyl (C=O) groups excluding carboxylic acids is 2. The minimum Gasteiger partial charge on any atom is -0.493 e. The van der Waals surface area contributed by atoms with Crippen LogP contribution in [0.4, 0.5) is 10.5 Å². The highest BCUT2D eigenvalue weighted by Crippen LogP contribution is 2.39. The molecule has 2 aromatic rings. The SMILES string of the molecule is COc1cc(NC(=O)NC(Cc2ccccc2)C(=O)NCCC#N)cc(OC)c1OC. The van der Waals surface area contributed by atoms with Gasteiger partial charge >= 0.3 is 6.03 Å². The van der Waals surface area contributed by atoms with Gasteiger partial charge in [0, 0.05) is 25.1 Å². The molecule has 0 heterocycles. The summed E-state index contributed by atoms with van der Waals surface area (Å²) in [6.45, 7) is 0.205. The number of ether oxygens (including phenoxy) is 3. The molecule has 9 nitrogen and oxygen atoms in total. The van der Waals surface area contributed by atoms with Crippen LogP contribution in [0.5, 0.6) is 17.2 Å². The fourth-order valence-electron chi connectivity index (χ4n) is 2.90. The van der Waals surface area contributed by atoms with E-state index in [1.165, 1.54) is 21.3 Å². The van der Waals surface area contributed by atoms with Crippen molar-refractivity contribution < 1.29 is 23.8 Å². The molecule has 3 N–H and O–H groups in total. The zero-order chi connectivity index (χ0) is 22.6. The highest BCUT2D eigenvalue weighted by Gasteiger charge is 2.22. The predicted molar refractivity (Wildman–Crippen MR) is 115 cm³/mol. The van der Waals surface area contributed by atoms with Gasteiger partial charge in [-0.25, -0.2) is 4.79 Å². The molecule has 0 bridgehead atoms. The third-order valence-corrected chi connectivity index (χ3v) is 4.36. The van der Waals surface area contributed by atoms with Crippen molar-refractivity contribution in [3.8, 4) is 23.3 Å². The topological polar surface area (TPSA) is 122 Å². The van der Waals surface area contributed by atoms with Crippen LogP contribution in [0.3, 0.4) is 0 Å². The molecule has 0 aliphatic carbocycles. The quantitative estimate of drug-likeness (QED) is 0.502. The Morgan fingerprint density at radius 3 is 2.23 bits per heavy atom. The van der Waals surface area contributed by atoms with Crippen molar-refractivity contribution in [1.82, 2.24) is 10.6 Å². The average molecular weight is 426 g/mol. The lowest BCUT2D eigenvalue weighted by atomic mass is 10.1. The van der Waals surface area contributed by atoms with Gasteiger partial charge in [-0.1, -0.05) is 30.3 Å². The fourth-order valence-corrected chi connectivity index (χ4v) is 2.90. The molecule has 0 saturated carbocycles. The van der Waals surface area contributed by atoms with E-state index in [0.29, 0.717) is 29.4 Å². The largest absolute Gasteiger partial charge is 0.493 e. The first-order valence-corrected chi connectivity index (χ1v) is 9.58. The Labute approximate surface area is 181 Å². The summed E-state index contributed by atoms with van der Waals surface area (Å²) in [6, 6.07) is 13.1. The lowest BCUT2D eigenvalue weighted by Gasteiger charge is -2.19. The van der Waals surface area contributed by atoms with Gasteiger partial charge in [-0.15, -0.1) is 0 Å². The third kappa shape index (κ3) is 6.82. The van der Waals surface area contributed by atoms with Gasteiger partial charge in [0.15, 0.2) is 11.5 Å². The van der Waals surface area contributed by atoms with Crippen LogP contribution in [0.25, 0.3) is 0 Å². The molecule has 164 valence electrons. The Kier molecular flexibility index (Phi) is 8.98. The number of hydrogen-bond donors (Lipinski definition) is 3. The van der Waals surface area contributed by atoms with Crippen molar-refractivity contribution in [2.24, 2.45) is 0 Å². The minimum absolute atomic E-state index is 0.182. The summed E-state index contributed by atoms with van der Waals surface area (Å²) in [7, 11) is 4.44. The van der Waals surface area contributed by atoms with Crippen molar-refractivity contribution in [2.45, 2.75) is 18.9 Å². The van der Waals surface area contributed by atoms with Gasteiger partial charge in [0.25, 0.3) is 0 Å². The monoisotopic (exact) mass is 426 g/mol. The van der Waals surface area contributed by atoms with E-state index >= 15 is 0 Å². The van der Waals surface area contributed by atoms with Gasteiger partial charge in [0.05, 0.1) is 39.5 Å². The molecule has 31 heavy (non-hydrogen) atoms. The first kappa shape index (κ1) is 23.3. The summed E-state index contributed by atoms with van der Waals surface area (Å²) < 4.78 is 15.8. The maximum Gasteiger partial charge on any atom is 0.319 e. The number of nitrogens with zero attached hydrogens (tertiary/aromatic N) is 1. The summed E-state index contributed by atoms with van der Waals surface area (Å²) in [5, 5.41) is 16.7. The number of nitriles is 1. The molecule has 0 aliphatic rings. The van der Waals surface area contributed by atoms with Gasteiger partial charge in [0.2, 0.25) is 11.7 Å². The molecule has 0 saturated heterocycles. The smallest absolute Gasteiger partial charge is 0.319 e. The van der Waals surface area contributed by atoms with Gasteiger partial charge in [0.1, 0.15) is 6.04 Å². The summed E-state index contributed by atoms with van der Waals surface area (Å²) >= 11 is 0. The van der Waals surface area contributed by atoms with Crippen LogP contribution in [-0.4, -0.2) is 45.9 Å². The molecular weight excluding hydrogens is 400 g/mol. The maximum absolute atomic E-state index is 12.6. The molecule has 9 heteroatoms. The van der Waals surface area contributed by atoms with Crippen molar-refractivity contribution >= 4 is 17.6 Å². The molecule has 3 amide bonds. The lowest BCUT2D eigenvalue weighted by molar-refractivity contribution is -0.122. The predicted octanol–water partition coefficient (Wildman–Crippen LogP) is 2.48. The molecule has 2 rings (SSSR count). The number of carbonyl (C=O) groups is 2. The van der Waals surface area contributed by atoms with E-state index in [9.17, 15) is 9.59 Å². The van der Waals surface area contributed by atoms with Crippen LogP contribution in [0, 0.1) is 11.3 Å². The van der Waals surface area contributed by atoms with E-state index in [0.717, 1.165) is 5.56 Å². The summed E-state index contributed by atoms with van der Waals surface area (Å²) in [6.07, 6.45) is 0.476. The molecule has 0 spiro atoms. The van der Waals surface area contributed by atoms with Crippen LogP contribution >= 0.6 is 0 Å². The molecule has 0 radical (unpaired) electrons. The molecular formula is C22H26N4O5. The molecule has 0 aromatic heterocycles. The number of rotatable bonds is 10. The maximum atomic E-state index is 12.6. The molecule has 1 atom stereocenters. The second-order valence-corrected chi connectivity index (χ2v) is 6.45. The zero-order valence-corrected chi connectivity index (χ0v) is 17.7. The minimum atomic E-state index is -0.830. The van der Waals surface area contributed by atoms with Crippen LogP contribution in [0.15, 0.2) is 42.5 Å². The van der Waals surface area contributed by atoms with Crippen LogP contribution in [-0.2, 0) is 11.2 Å². The average Bonchev–Trinajstić information content (AvgIpc) is 2.78. The number of nitrogens with one attached hydrogen (secondary N) is 3. The van der Waals surface area contributed by atoms with Crippen LogP contribution < -0.4 is 30.2 Å². The van der Waals surface area contributed by atoms with Crippen LogP contribution in [0.1, 0.15) is 12.0 Å². The number of urea groups is 1. The van der Waals surface area contributed by atoms with Crippen molar-refractivity contribution in [1.29, 1.82) is 5.26 Å². The first-order valence-electron chi connectivity index (χ1n) is 9.58. The molecule has 1 unspecified atom stereocenters. The molecule has 0 aliphatic heterocycles. The number of benzene rings is 2. The Hall–Kier alpha value is -3.93. The van der Waals surface area contributed by atoms with Crippen molar-refractivity contribution in [2.75, 3.05) is 33.2 Å². The van der Waals surface area contributed by atoms with Gasteiger partial charge < -0.3 is 30.2 Å². The fraction of sp³-hybridized carbons (Fsp3) is 0.318. The second-order valence-electron chi connectivity index (χ2n) is 6.45. The van der Waals surface area contributed by atoms with E-state index in [4.69, 9.17) is 19.5 Å². The van der Waals surface area contributed by atoms with Crippen molar-refractivity contribution in [3.05, 3.63) is 48.0 Å².